The fourth-order valence-corrected chi connectivity index (χ4v) is 1.61. The first kappa shape index (κ1) is 12.6. The molecular formula is C12H15FN4O. The van der Waals surface area contributed by atoms with Crippen molar-refractivity contribution < 1.29 is 8.91 Å². The maximum Gasteiger partial charge on any atom is 0.243 e. The SMILES string of the molecule is CC(C)C[C@H](N)c1nc(-c2ccc(F)cn2)no1. The summed E-state index contributed by atoms with van der Waals surface area (Å²) in [6.07, 6.45) is 1.87. The van der Waals surface area contributed by atoms with Gasteiger partial charge in [-0.2, -0.15) is 4.98 Å². The number of nitrogens with two attached hydrogens (primary N) is 1. The molecule has 5 nitrogen and oxygen atoms in total. The van der Waals surface area contributed by atoms with E-state index in [0.717, 1.165) is 12.6 Å². The summed E-state index contributed by atoms with van der Waals surface area (Å²) in [5.74, 6) is 0.743. The van der Waals surface area contributed by atoms with Crippen LogP contribution in [0.15, 0.2) is 22.9 Å². The Morgan fingerprint density at radius 2 is 2.17 bits per heavy atom. The number of hydrogen-bond acceptors (Lipinski definition) is 5. The Hall–Kier alpha value is -1.82. The van der Waals surface area contributed by atoms with Gasteiger partial charge >= 0.3 is 0 Å². The van der Waals surface area contributed by atoms with Crippen molar-refractivity contribution in [1.82, 2.24) is 15.1 Å². The molecule has 0 spiro atoms. The molecule has 2 rings (SSSR count). The van der Waals surface area contributed by atoms with Gasteiger partial charge in [0.25, 0.3) is 0 Å². The molecule has 2 aromatic heterocycles. The molecule has 1 atom stereocenters. The van der Waals surface area contributed by atoms with E-state index < -0.39 is 5.82 Å². The third-order valence-electron chi connectivity index (χ3n) is 2.44. The molecule has 18 heavy (non-hydrogen) atoms. The van der Waals surface area contributed by atoms with Gasteiger partial charge in [-0.25, -0.2) is 9.37 Å². The van der Waals surface area contributed by atoms with Gasteiger partial charge in [0.05, 0.1) is 12.2 Å². The molecule has 2 aromatic rings. The molecule has 0 radical (unpaired) electrons. The van der Waals surface area contributed by atoms with Crippen LogP contribution in [0.3, 0.4) is 0 Å². The van der Waals surface area contributed by atoms with E-state index in [1.807, 2.05) is 0 Å². The highest BCUT2D eigenvalue weighted by molar-refractivity contribution is 5.47. The van der Waals surface area contributed by atoms with Crippen molar-refractivity contribution in [3.05, 3.63) is 30.0 Å². The molecule has 0 bridgehead atoms. The highest BCUT2D eigenvalue weighted by Gasteiger charge is 2.17. The molecule has 0 aromatic carbocycles. The first-order valence-electron chi connectivity index (χ1n) is 5.77. The Bertz CT molecular complexity index is 509. The average Bonchev–Trinajstić information content (AvgIpc) is 2.78. The second-order valence-corrected chi connectivity index (χ2v) is 4.55. The Morgan fingerprint density at radius 3 is 2.78 bits per heavy atom. The lowest BCUT2D eigenvalue weighted by Crippen LogP contribution is -2.13. The number of pyridine rings is 1. The molecule has 2 heterocycles. The molecule has 0 aliphatic carbocycles. The number of hydrogen-bond donors (Lipinski definition) is 1. The van der Waals surface area contributed by atoms with Crippen LogP contribution in [0.25, 0.3) is 11.5 Å². The molecule has 0 amide bonds. The lowest BCUT2D eigenvalue weighted by molar-refractivity contribution is 0.335. The van der Waals surface area contributed by atoms with E-state index in [0.29, 0.717) is 23.3 Å². The van der Waals surface area contributed by atoms with Crippen LogP contribution in [-0.4, -0.2) is 15.1 Å². The minimum atomic E-state index is -0.404. The monoisotopic (exact) mass is 250 g/mol. The minimum Gasteiger partial charge on any atom is -0.337 e. The predicted octanol–water partition coefficient (Wildman–Crippen LogP) is 2.32. The van der Waals surface area contributed by atoms with Crippen molar-refractivity contribution in [3.8, 4) is 11.5 Å². The Labute approximate surface area is 104 Å². The fraction of sp³-hybridized carbons (Fsp3) is 0.417. The van der Waals surface area contributed by atoms with Crippen molar-refractivity contribution >= 4 is 0 Å². The van der Waals surface area contributed by atoms with Crippen LogP contribution in [0.4, 0.5) is 4.39 Å². The summed E-state index contributed by atoms with van der Waals surface area (Å²) >= 11 is 0. The van der Waals surface area contributed by atoms with Crippen LogP contribution in [0.2, 0.25) is 0 Å². The molecule has 6 heteroatoms. The second-order valence-electron chi connectivity index (χ2n) is 4.55. The van der Waals surface area contributed by atoms with E-state index in [2.05, 4.69) is 29.0 Å². The number of nitrogens with zero attached hydrogens (tertiary/aromatic N) is 3. The topological polar surface area (TPSA) is 77.8 Å². The van der Waals surface area contributed by atoms with Crippen LogP contribution in [0.5, 0.6) is 0 Å². The van der Waals surface area contributed by atoms with Gasteiger partial charge in [-0.05, 0) is 24.5 Å². The van der Waals surface area contributed by atoms with Crippen LogP contribution < -0.4 is 5.73 Å². The molecule has 0 aliphatic rings. The molecule has 96 valence electrons. The summed E-state index contributed by atoms with van der Waals surface area (Å²) in [5, 5.41) is 3.79. The summed E-state index contributed by atoms with van der Waals surface area (Å²) < 4.78 is 17.8. The Balaban J connectivity index is 2.17. The maximum atomic E-state index is 12.7. The van der Waals surface area contributed by atoms with E-state index in [1.54, 1.807) is 0 Å². The number of aromatic nitrogens is 3. The zero-order valence-electron chi connectivity index (χ0n) is 10.3. The van der Waals surface area contributed by atoms with E-state index in [-0.39, 0.29) is 6.04 Å². The highest BCUT2D eigenvalue weighted by Crippen LogP contribution is 2.20. The first-order chi connectivity index (χ1) is 8.56. The smallest absolute Gasteiger partial charge is 0.243 e. The molecule has 0 aliphatic heterocycles. The lowest BCUT2D eigenvalue weighted by Gasteiger charge is -2.08. The Morgan fingerprint density at radius 1 is 1.39 bits per heavy atom. The highest BCUT2D eigenvalue weighted by atomic mass is 19.1. The van der Waals surface area contributed by atoms with Crippen LogP contribution in [0.1, 0.15) is 32.2 Å². The van der Waals surface area contributed by atoms with Crippen LogP contribution in [0, 0.1) is 11.7 Å². The van der Waals surface area contributed by atoms with E-state index in [9.17, 15) is 4.39 Å². The van der Waals surface area contributed by atoms with E-state index >= 15 is 0 Å². The fourth-order valence-electron chi connectivity index (χ4n) is 1.61. The molecule has 0 unspecified atom stereocenters. The minimum absolute atomic E-state index is 0.285. The summed E-state index contributed by atoms with van der Waals surface area (Å²) in [6.45, 7) is 4.14. The van der Waals surface area contributed by atoms with E-state index in [1.165, 1.54) is 12.1 Å². The standard InChI is InChI=1S/C12H15FN4O/c1-7(2)5-9(14)12-16-11(17-18-12)10-4-3-8(13)6-15-10/h3-4,6-7,9H,5,14H2,1-2H3/t9-/m0/s1. The summed E-state index contributed by atoms with van der Waals surface area (Å²) in [6, 6.07) is 2.51. The first-order valence-corrected chi connectivity index (χ1v) is 5.77. The number of halogens is 1. The Kier molecular flexibility index (Phi) is 3.66. The zero-order chi connectivity index (χ0) is 13.1. The summed E-state index contributed by atoms with van der Waals surface area (Å²) in [5.41, 5.74) is 6.40. The lowest BCUT2D eigenvalue weighted by atomic mass is 10.0. The van der Waals surface area contributed by atoms with Gasteiger partial charge < -0.3 is 10.3 Å². The number of rotatable bonds is 4. The van der Waals surface area contributed by atoms with Crippen molar-refractivity contribution in [2.45, 2.75) is 26.3 Å². The van der Waals surface area contributed by atoms with Crippen LogP contribution in [-0.2, 0) is 0 Å². The average molecular weight is 250 g/mol. The normalized spacial score (nSPS) is 12.9. The van der Waals surface area contributed by atoms with Crippen molar-refractivity contribution in [2.75, 3.05) is 0 Å². The van der Waals surface area contributed by atoms with Gasteiger partial charge in [-0.1, -0.05) is 19.0 Å². The summed E-state index contributed by atoms with van der Waals surface area (Å²) in [7, 11) is 0. The van der Waals surface area contributed by atoms with Crippen molar-refractivity contribution in [3.63, 3.8) is 0 Å². The van der Waals surface area contributed by atoms with Gasteiger partial charge in [-0.15, -0.1) is 0 Å². The molecule has 0 saturated heterocycles. The second kappa shape index (κ2) is 5.22. The third-order valence-corrected chi connectivity index (χ3v) is 2.44. The largest absolute Gasteiger partial charge is 0.337 e. The third kappa shape index (κ3) is 2.89. The van der Waals surface area contributed by atoms with Gasteiger partial charge in [0, 0.05) is 0 Å². The van der Waals surface area contributed by atoms with Gasteiger partial charge in [0.15, 0.2) is 0 Å². The van der Waals surface area contributed by atoms with Crippen molar-refractivity contribution in [1.29, 1.82) is 0 Å². The predicted molar refractivity (Wildman–Crippen MR) is 63.9 cm³/mol. The molecule has 0 saturated carbocycles. The van der Waals surface area contributed by atoms with Crippen LogP contribution >= 0.6 is 0 Å². The van der Waals surface area contributed by atoms with Crippen molar-refractivity contribution in [2.24, 2.45) is 11.7 Å². The van der Waals surface area contributed by atoms with E-state index in [4.69, 9.17) is 10.3 Å². The zero-order valence-corrected chi connectivity index (χ0v) is 10.3. The van der Waals surface area contributed by atoms with Gasteiger partial charge in [0.1, 0.15) is 11.5 Å². The van der Waals surface area contributed by atoms with Gasteiger partial charge in [0.2, 0.25) is 11.7 Å². The molecular weight excluding hydrogens is 235 g/mol. The van der Waals surface area contributed by atoms with Gasteiger partial charge in [-0.3, -0.25) is 0 Å². The maximum absolute atomic E-state index is 12.7. The molecule has 0 fully saturated rings. The molecule has 2 N–H and O–H groups in total. The summed E-state index contributed by atoms with van der Waals surface area (Å²) in [4.78, 5) is 8.06. The quantitative estimate of drug-likeness (QED) is 0.900.